The van der Waals surface area contributed by atoms with Crippen molar-refractivity contribution in [1.29, 1.82) is 0 Å². The summed E-state index contributed by atoms with van der Waals surface area (Å²) in [5.74, 6) is 0.458. The largest absolute Gasteiger partial charge is 0.337 e. The number of rotatable bonds is 5. The molecule has 1 aromatic rings. The summed E-state index contributed by atoms with van der Waals surface area (Å²) in [6, 6.07) is 7.00. The maximum absolute atomic E-state index is 11.4. The van der Waals surface area contributed by atoms with Gasteiger partial charge in [0.15, 0.2) is 0 Å². The van der Waals surface area contributed by atoms with Gasteiger partial charge in [-0.2, -0.15) is 0 Å². The second-order valence-electron chi connectivity index (χ2n) is 3.56. The van der Waals surface area contributed by atoms with Crippen molar-refractivity contribution in [3.8, 4) is 0 Å². The first-order chi connectivity index (χ1) is 8.11. The lowest BCUT2D eigenvalue weighted by molar-refractivity contribution is 0.252. The highest BCUT2D eigenvalue weighted by atomic mass is 32.2. The van der Waals surface area contributed by atoms with Gasteiger partial charge >= 0.3 is 6.03 Å². The Labute approximate surface area is 103 Å². The molecule has 6 heteroatoms. The molecular weight excluding hydrogens is 238 g/mol. The number of hydrogen-bond acceptors (Lipinski definition) is 3. The second kappa shape index (κ2) is 7.03. The van der Waals surface area contributed by atoms with Crippen molar-refractivity contribution in [2.75, 3.05) is 23.9 Å². The van der Waals surface area contributed by atoms with Gasteiger partial charge in [-0.3, -0.25) is 4.21 Å². The predicted molar refractivity (Wildman–Crippen MR) is 70.3 cm³/mol. The highest BCUT2D eigenvalue weighted by Crippen LogP contribution is 2.08. The number of nitrogens with one attached hydrogen (secondary N) is 2. The van der Waals surface area contributed by atoms with Gasteiger partial charge in [-0.15, -0.1) is 0 Å². The van der Waals surface area contributed by atoms with Crippen LogP contribution in [0.1, 0.15) is 5.56 Å². The highest BCUT2D eigenvalue weighted by Gasteiger charge is 2.01. The normalized spacial score (nSPS) is 11.9. The number of nitrogens with two attached hydrogens (primary N) is 1. The van der Waals surface area contributed by atoms with Gasteiger partial charge in [-0.05, 0) is 17.7 Å². The zero-order chi connectivity index (χ0) is 12.7. The van der Waals surface area contributed by atoms with Gasteiger partial charge in [0.25, 0.3) is 0 Å². The molecule has 2 amide bonds. The average molecular weight is 255 g/mol. The minimum Gasteiger partial charge on any atom is -0.337 e. The van der Waals surface area contributed by atoms with Crippen LogP contribution in [0.2, 0.25) is 0 Å². The molecule has 0 aliphatic carbocycles. The smallest absolute Gasteiger partial charge is 0.319 e. The summed E-state index contributed by atoms with van der Waals surface area (Å²) in [6.45, 7) is 0.880. The predicted octanol–water partition coefficient (Wildman–Crippen LogP) is 0.645. The lowest BCUT2D eigenvalue weighted by Gasteiger charge is -2.07. The van der Waals surface area contributed by atoms with E-state index in [0.717, 1.165) is 5.56 Å². The molecule has 0 heterocycles. The molecule has 0 aliphatic heterocycles. The van der Waals surface area contributed by atoms with Gasteiger partial charge in [0, 0.05) is 41.6 Å². The van der Waals surface area contributed by atoms with Crippen molar-refractivity contribution in [3.63, 3.8) is 0 Å². The first-order valence-electron chi connectivity index (χ1n) is 5.25. The van der Waals surface area contributed by atoms with Gasteiger partial charge in [0.1, 0.15) is 0 Å². The van der Waals surface area contributed by atoms with E-state index in [0.29, 0.717) is 24.5 Å². The summed E-state index contributed by atoms with van der Waals surface area (Å²) in [6.07, 6.45) is 1.60. The van der Waals surface area contributed by atoms with E-state index in [-0.39, 0.29) is 6.03 Å². The van der Waals surface area contributed by atoms with Crippen molar-refractivity contribution in [3.05, 3.63) is 29.8 Å². The Hall–Kier alpha value is -1.40. The maximum Gasteiger partial charge on any atom is 0.319 e. The number of carbonyl (C=O) groups is 1. The third kappa shape index (κ3) is 5.46. The van der Waals surface area contributed by atoms with Crippen molar-refractivity contribution < 1.29 is 9.00 Å². The quantitative estimate of drug-likeness (QED) is 0.722. The number of benzene rings is 1. The Kier molecular flexibility index (Phi) is 5.65. The molecule has 0 saturated carbocycles. The van der Waals surface area contributed by atoms with Crippen LogP contribution < -0.4 is 16.4 Å². The first-order valence-corrected chi connectivity index (χ1v) is 6.98. The number of carbonyl (C=O) groups excluding carboxylic acids is 1. The van der Waals surface area contributed by atoms with Crippen LogP contribution in [0.5, 0.6) is 0 Å². The van der Waals surface area contributed by atoms with Crippen LogP contribution in [-0.4, -0.2) is 28.8 Å². The number of hydrogen-bond donors (Lipinski definition) is 3. The Balaban J connectivity index is 2.37. The monoisotopic (exact) mass is 255 g/mol. The minimum atomic E-state index is -0.889. The lowest BCUT2D eigenvalue weighted by atomic mass is 10.2. The molecule has 0 spiro atoms. The Morgan fingerprint density at radius 3 is 2.53 bits per heavy atom. The van der Waals surface area contributed by atoms with Crippen molar-refractivity contribution in [2.24, 2.45) is 5.73 Å². The standard InChI is InChI=1S/C11H17N3O2S/c1-17(16)7-6-13-11(15)14-10-4-2-9(8-12)3-5-10/h2-5H,6-8,12H2,1H3,(H2,13,14,15). The van der Waals surface area contributed by atoms with E-state index in [1.165, 1.54) is 0 Å². The number of amides is 2. The summed E-state index contributed by atoms with van der Waals surface area (Å²) in [5, 5.41) is 5.30. The SMILES string of the molecule is CS(=O)CCNC(=O)Nc1ccc(CN)cc1. The van der Waals surface area contributed by atoms with Crippen molar-refractivity contribution in [2.45, 2.75) is 6.54 Å². The molecule has 1 atom stereocenters. The molecular formula is C11H17N3O2S. The molecule has 1 unspecified atom stereocenters. The van der Waals surface area contributed by atoms with E-state index in [9.17, 15) is 9.00 Å². The van der Waals surface area contributed by atoms with Crippen LogP contribution in [0.3, 0.4) is 0 Å². The van der Waals surface area contributed by atoms with Crippen molar-refractivity contribution in [1.82, 2.24) is 5.32 Å². The van der Waals surface area contributed by atoms with Gasteiger partial charge in [-0.1, -0.05) is 12.1 Å². The third-order valence-corrected chi connectivity index (χ3v) is 2.90. The summed E-state index contributed by atoms with van der Waals surface area (Å²) < 4.78 is 10.8. The van der Waals surface area contributed by atoms with Crippen LogP contribution in [-0.2, 0) is 17.3 Å². The third-order valence-electron chi connectivity index (χ3n) is 2.12. The molecule has 17 heavy (non-hydrogen) atoms. The molecule has 94 valence electrons. The summed E-state index contributed by atoms with van der Waals surface area (Å²) in [5.41, 5.74) is 7.18. The zero-order valence-corrected chi connectivity index (χ0v) is 10.5. The molecule has 1 rings (SSSR count). The summed E-state index contributed by atoms with van der Waals surface area (Å²) in [4.78, 5) is 11.4. The first kappa shape index (κ1) is 13.7. The summed E-state index contributed by atoms with van der Waals surface area (Å²) >= 11 is 0. The second-order valence-corrected chi connectivity index (χ2v) is 5.11. The lowest BCUT2D eigenvalue weighted by Crippen LogP contribution is -2.31. The fourth-order valence-corrected chi connectivity index (χ4v) is 1.60. The molecule has 0 fully saturated rings. The molecule has 5 nitrogen and oxygen atoms in total. The van der Waals surface area contributed by atoms with Gasteiger partial charge in [-0.25, -0.2) is 4.79 Å². The van der Waals surface area contributed by atoms with E-state index in [2.05, 4.69) is 10.6 Å². The van der Waals surface area contributed by atoms with E-state index >= 15 is 0 Å². The van der Waals surface area contributed by atoms with Gasteiger partial charge in [0.2, 0.25) is 0 Å². The molecule has 1 aromatic carbocycles. The average Bonchev–Trinajstić information content (AvgIpc) is 2.29. The highest BCUT2D eigenvalue weighted by molar-refractivity contribution is 7.84. The molecule has 0 radical (unpaired) electrons. The topological polar surface area (TPSA) is 84.2 Å². The van der Waals surface area contributed by atoms with Gasteiger partial charge < -0.3 is 16.4 Å². The van der Waals surface area contributed by atoms with Crippen LogP contribution >= 0.6 is 0 Å². The van der Waals surface area contributed by atoms with E-state index in [1.54, 1.807) is 18.4 Å². The van der Waals surface area contributed by atoms with E-state index in [4.69, 9.17) is 5.73 Å². The molecule has 0 aromatic heterocycles. The van der Waals surface area contributed by atoms with E-state index in [1.807, 2.05) is 12.1 Å². The zero-order valence-electron chi connectivity index (χ0n) is 9.73. The maximum atomic E-state index is 11.4. The molecule has 0 aliphatic rings. The van der Waals surface area contributed by atoms with Crippen LogP contribution in [0, 0.1) is 0 Å². The van der Waals surface area contributed by atoms with Crippen LogP contribution in [0.4, 0.5) is 10.5 Å². The van der Waals surface area contributed by atoms with Crippen molar-refractivity contribution >= 4 is 22.5 Å². The Morgan fingerprint density at radius 1 is 1.35 bits per heavy atom. The Morgan fingerprint density at radius 2 is 2.00 bits per heavy atom. The van der Waals surface area contributed by atoms with Crippen LogP contribution in [0.15, 0.2) is 24.3 Å². The number of anilines is 1. The fourth-order valence-electron chi connectivity index (χ4n) is 1.21. The van der Waals surface area contributed by atoms with E-state index < -0.39 is 10.8 Å². The minimum absolute atomic E-state index is 0.295. The summed E-state index contributed by atoms with van der Waals surface area (Å²) in [7, 11) is -0.889. The molecule has 4 N–H and O–H groups in total. The van der Waals surface area contributed by atoms with Crippen LogP contribution in [0.25, 0.3) is 0 Å². The number of urea groups is 1. The van der Waals surface area contributed by atoms with Gasteiger partial charge in [0.05, 0.1) is 0 Å². The molecule has 0 saturated heterocycles. The molecule has 0 bridgehead atoms. The Bertz CT molecular complexity index is 392. The fraction of sp³-hybridized carbons (Fsp3) is 0.364.